The Kier molecular flexibility index (Phi) is 6.14. The highest BCUT2D eigenvalue weighted by Crippen LogP contribution is 2.17. The Bertz CT molecular complexity index is 836. The molecule has 1 amide bonds. The van der Waals surface area contributed by atoms with E-state index in [9.17, 15) is 17.6 Å². The second kappa shape index (κ2) is 8.11. The van der Waals surface area contributed by atoms with Gasteiger partial charge in [0.2, 0.25) is 15.9 Å². The molecule has 25 heavy (non-hydrogen) atoms. The van der Waals surface area contributed by atoms with Gasteiger partial charge in [-0.3, -0.25) is 9.10 Å². The maximum atomic E-state index is 13.1. The summed E-state index contributed by atoms with van der Waals surface area (Å²) in [5, 5.41) is 2.67. The molecule has 0 saturated carbocycles. The van der Waals surface area contributed by atoms with Gasteiger partial charge in [0.05, 0.1) is 24.9 Å². The highest BCUT2D eigenvalue weighted by molar-refractivity contribution is 7.92. The van der Waals surface area contributed by atoms with Gasteiger partial charge in [-0.2, -0.15) is 0 Å². The van der Waals surface area contributed by atoms with Crippen LogP contribution in [0.25, 0.3) is 0 Å². The van der Waals surface area contributed by atoms with Gasteiger partial charge in [-0.15, -0.1) is 0 Å². The van der Waals surface area contributed by atoms with Gasteiger partial charge in [-0.05, 0) is 36.8 Å². The Labute approximate surface area is 147 Å². The van der Waals surface area contributed by atoms with Crippen LogP contribution in [0.15, 0.2) is 48.5 Å². The molecular formula is C18H21FN2O3S. The third-order valence-corrected chi connectivity index (χ3v) is 4.81. The van der Waals surface area contributed by atoms with Crippen LogP contribution in [-0.2, 0) is 21.2 Å². The van der Waals surface area contributed by atoms with E-state index in [-0.39, 0.29) is 25.4 Å². The van der Waals surface area contributed by atoms with Gasteiger partial charge in [0.15, 0.2) is 0 Å². The number of anilines is 1. The lowest BCUT2D eigenvalue weighted by Crippen LogP contribution is -2.38. The molecule has 7 heteroatoms. The maximum absolute atomic E-state index is 13.1. The monoisotopic (exact) mass is 364 g/mol. The Morgan fingerprint density at radius 2 is 1.84 bits per heavy atom. The highest BCUT2D eigenvalue weighted by atomic mass is 32.2. The fourth-order valence-corrected chi connectivity index (χ4v) is 3.32. The minimum Gasteiger partial charge on any atom is -0.354 e. The highest BCUT2D eigenvalue weighted by Gasteiger charge is 2.17. The number of hydrogen-bond donors (Lipinski definition) is 1. The Balaban J connectivity index is 1.95. The van der Waals surface area contributed by atoms with Crippen LogP contribution in [0.1, 0.15) is 11.1 Å². The van der Waals surface area contributed by atoms with Crippen molar-refractivity contribution in [1.29, 1.82) is 0 Å². The molecule has 0 spiro atoms. The number of sulfonamides is 1. The standard InChI is InChI=1S/C18H21FN2O3S/c1-14-6-8-17(9-7-14)21(25(2,23)24)11-10-20-18(22)13-15-4-3-5-16(19)12-15/h3-9,12H,10-11,13H2,1-2H3,(H,20,22). The van der Waals surface area contributed by atoms with Crippen LogP contribution < -0.4 is 9.62 Å². The quantitative estimate of drug-likeness (QED) is 0.819. The number of aryl methyl sites for hydroxylation is 1. The topological polar surface area (TPSA) is 66.5 Å². The van der Waals surface area contributed by atoms with E-state index in [0.29, 0.717) is 11.3 Å². The zero-order chi connectivity index (χ0) is 18.4. The third kappa shape index (κ3) is 5.86. The lowest BCUT2D eigenvalue weighted by atomic mass is 10.1. The molecule has 0 aliphatic heterocycles. The molecule has 0 bridgehead atoms. The first-order valence-corrected chi connectivity index (χ1v) is 9.66. The van der Waals surface area contributed by atoms with E-state index in [1.165, 1.54) is 16.4 Å². The van der Waals surface area contributed by atoms with Crippen molar-refractivity contribution in [3.8, 4) is 0 Å². The lowest BCUT2D eigenvalue weighted by Gasteiger charge is -2.22. The summed E-state index contributed by atoms with van der Waals surface area (Å²) in [5.41, 5.74) is 2.14. The first-order valence-electron chi connectivity index (χ1n) is 7.81. The van der Waals surface area contributed by atoms with Gasteiger partial charge >= 0.3 is 0 Å². The van der Waals surface area contributed by atoms with Crippen molar-refractivity contribution < 1.29 is 17.6 Å². The predicted octanol–water partition coefficient (Wildman–Crippen LogP) is 2.26. The Morgan fingerprint density at radius 3 is 2.44 bits per heavy atom. The number of nitrogens with zero attached hydrogens (tertiary/aromatic N) is 1. The number of carbonyl (C=O) groups excluding carboxylic acids is 1. The van der Waals surface area contributed by atoms with Crippen molar-refractivity contribution in [3.05, 3.63) is 65.5 Å². The fraction of sp³-hybridized carbons (Fsp3) is 0.278. The van der Waals surface area contributed by atoms with Crippen molar-refractivity contribution in [2.24, 2.45) is 0 Å². The molecule has 134 valence electrons. The summed E-state index contributed by atoms with van der Waals surface area (Å²) in [6, 6.07) is 12.9. The molecule has 2 aromatic carbocycles. The summed E-state index contributed by atoms with van der Waals surface area (Å²) in [4.78, 5) is 11.9. The summed E-state index contributed by atoms with van der Waals surface area (Å²) in [5.74, 6) is -0.684. The summed E-state index contributed by atoms with van der Waals surface area (Å²) in [7, 11) is -3.46. The van der Waals surface area contributed by atoms with Crippen LogP contribution in [0.2, 0.25) is 0 Å². The summed E-state index contributed by atoms with van der Waals surface area (Å²) in [6.07, 6.45) is 1.17. The average molecular weight is 364 g/mol. The molecule has 0 aromatic heterocycles. The lowest BCUT2D eigenvalue weighted by molar-refractivity contribution is -0.120. The van der Waals surface area contributed by atoms with Crippen molar-refractivity contribution in [2.75, 3.05) is 23.7 Å². The first-order chi connectivity index (χ1) is 11.8. The Hall–Kier alpha value is -2.41. The smallest absolute Gasteiger partial charge is 0.232 e. The van der Waals surface area contributed by atoms with Gasteiger partial charge in [-0.1, -0.05) is 29.8 Å². The van der Waals surface area contributed by atoms with Gasteiger partial charge in [0, 0.05) is 6.54 Å². The van der Waals surface area contributed by atoms with Gasteiger partial charge in [0.25, 0.3) is 0 Å². The number of carbonyl (C=O) groups is 1. The molecule has 2 aromatic rings. The average Bonchev–Trinajstić information content (AvgIpc) is 2.51. The number of benzene rings is 2. The summed E-state index contributed by atoms with van der Waals surface area (Å²) in [6.45, 7) is 2.20. The molecule has 2 rings (SSSR count). The van der Waals surface area contributed by atoms with E-state index < -0.39 is 15.8 Å². The summed E-state index contributed by atoms with van der Waals surface area (Å²) >= 11 is 0. The number of amides is 1. The minimum absolute atomic E-state index is 0.0428. The van der Waals surface area contributed by atoms with Crippen LogP contribution in [0.4, 0.5) is 10.1 Å². The first kappa shape index (κ1) is 18.9. The van der Waals surface area contributed by atoms with E-state index in [0.717, 1.165) is 11.8 Å². The van der Waals surface area contributed by atoms with Crippen LogP contribution in [0.5, 0.6) is 0 Å². The molecule has 0 heterocycles. The maximum Gasteiger partial charge on any atom is 0.232 e. The van der Waals surface area contributed by atoms with E-state index in [1.807, 2.05) is 19.1 Å². The second-order valence-corrected chi connectivity index (χ2v) is 7.73. The number of halogens is 1. The van der Waals surface area contributed by atoms with E-state index >= 15 is 0 Å². The largest absolute Gasteiger partial charge is 0.354 e. The molecule has 0 saturated heterocycles. The van der Waals surface area contributed by atoms with Crippen LogP contribution in [-0.4, -0.2) is 33.7 Å². The minimum atomic E-state index is -3.46. The molecule has 5 nitrogen and oxygen atoms in total. The zero-order valence-corrected chi connectivity index (χ0v) is 15.0. The van der Waals surface area contributed by atoms with Crippen molar-refractivity contribution in [1.82, 2.24) is 5.32 Å². The number of hydrogen-bond acceptors (Lipinski definition) is 3. The van der Waals surface area contributed by atoms with E-state index in [2.05, 4.69) is 5.32 Å². The van der Waals surface area contributed by atoms with E-state index in [1.54, 1.807) is 24.3 Å². The molecule has 0 atom stereocenters. The van der Waals surface area contributed by atoms with Crippen molar-refractivity contribution >= 4 is 21.6 Å². The van der Waals surface area contributed by atoms with Gasteiger partial charge < -0.3 is 5.32 Å². The molecular weight excluding hydrogens is 343 g/mol. The number of rotatable bonds is 7. The zero-order valence-electron chi connectivity index (χ0n) is 14.2. The number of nitrogens with one attached hydrogen (secondary N) is 1. The molecule has 0 aliphatic carbocycles. The molecule has 0 aliphatic rings. The van der Waals surface area contributed by atoms with Crippen LogP contribution in [0.3, 0.4) is 0 Å². The SMILES string of the molecule is Cc1ccc(N(CCNC(=O)Cc2cccc(F)c2)S(C)(=O)=O)cc1. The molecule has 0 unspecified atom stereocenters. The molecule has 0 fully saturated rings. The van der Waals surface area contributed by atoms with Gasteiger partial charge in [-0.25, -0.2) is 12.8 Å². The van der Waals surface area contributed by atoms with Crippen molar-refractivity contribution in [2.45, 2.75) is 13.3 Å². The van der Waals surface area contributed by atoms with Crippen LogP contribution in [0, 0.1) is 12.7 Å². The molecule has 1 N–H and O–H groups in total. The second-order valence-electron chi connectivity index (χ2n) is 5.83. The normalized spacial score (nSPS) is 11.2. The van der Waals surface area contributed by atoms with Gasteiger partial charge in [0.1, 0.15) is 5.82 Å². The fourth-order valence-electron chi connectivity index (χ4n) is 2.39. The molecule has 0 radical (unpaired) electrons. The summed E-state index contributed by atoms with van der Waals surface area (Å²) < 4.78 is 38.3. The van der Waals surface area contributed by atoms with Crippen molar-refractivity contribution in [3.63, 3.8) is 0 Å². The predicted molar refractivity (Wildman–Crippen MR) is 96.5 cm³/mol. The van der Waals surface area contributed by atoms with Crippen LogP contribution >= 0.6 is 0 Å². The van der Waals surface area contributed by atoms with E-state index in [4.69, 9.17) is 0 Å². The third-order valence-electron chi connectivity index (χ3n) is 3.61. The Morgan fingerprint density at radius 1 is 1.16 bits per heavy atom.